The number of rotatable bonds is 5. The van der Waals surface area contributed by atoms with Crippen LogP contribution in [0.4, 0.5) is 5.69 Å². The Balaban J connectivity index is 1.87. The molecule has 2 aromatic rings. The van der Waals surface area contributed by atoms with Gasteiger partial charge in [0.15, 0.2) is 0 Å². The van der Waals surface area contributed by atoms with Gasteiger partial charge in [-0.05, 0) is 30.5 Å². The topological polar surface area (TPSA) is 87.9 Å². The first-order chi connectivity index (χ1) is 12.0. The van der Waals surface area contributed by atoms with E-state index < -0.39 is 4.92 Å². The summed E-state index contributed by atoms with van der Waals surface area (Å²) in [5.41, 5.74) is 0.827. The van der Waals surface area contributed by atoms with Crippen molar-refractivity contribution < 1.29 is 23.9 Å². The largest absolute Gasteiger partial charge is 0.487 e. The van der Waals surface area contributed by atoms with Crippen molar-refractivity contribution in [3.05, 3.63) is 52.1 Å². The Morgan fingerprint density at radius 3 is 2.68 bits per heavy atom. The van der Waals surface area contributed by atoms with Crippen molar-refractivity contribution in [3.63, 3.8) is 0 Å². The first-order valence-corrected chi connectivity index (χ1v) is 7.91. The summed E-state index contributed by atoms with van der Waals surface area (Å²) in [6, 6.07) is 9.57. The van der Waals surface area contributed by atoms with Gasteiger partial charge < -0.3 is 14.2 Å². The van der Waals surface area contributed by atoms with E-state index in [1.807, 2.05) is 13.0 Å². The lowest BCUT2D eigenvalue weighted by atomic mass is 9.95. The van der Waals surface area contributed by atoms with Gasteiger partial charge in [-0.25, -0.2) is 0 Å². The number of fused-ring (bicyclic) bond motifs is 1. The van der Waals surface area contributed by atoms with Gasteiger partial charge in [-0.1, -0.05) is 13.0 Å². The lowest BCUT2D eigenvalue weighted by Gasteiger charge is -2.21. The molecule has 0 saturated heterocycles. The Kier molecular flexibility index (Phi) is 4.56. The zero-order valence-electron chi connectivity index (χ0n) is 13.9. The van der Waals surface area contributed by atoms with Crippen molar-refractivity contribution in [1.29, 1.82) is 0 Å². The standard InChI is InChI=1S/C18H17NO6/c1-3-23-17-10-13(5-7-15(17)19(21)22)24-12-4-6-14-11(2)8-18(20)25-16(14)9-12/h4-7,9-11H,3,8H2,1-2H3. The Morgan fingerprint density at radius 1 is 1.24 bits per heavy atom. The number of ether oxygens (including phenoxy) is 3. The highest BCUT2D eigenvalue weighted by atomic mass is 16.6. The molecule has 3 rings (SSSR count). The van der Waals surface area contributed by atoms with Gasteiger partial charge >= 0.3 is 11.7 Å². The molecule has 7 nitrogen and oxygen atoms in total. The predicted octanol–water partition coefficient (Wildman–Crippen LogP) is 4.20. The second kappa shape index (κ2) is 6.80. The molecule has 0 aliphatic carbocycles. The minimum Gasteiger partial charge on any atom is -0.487 e. The molecule has 0 saturated carbocycles. The van der Waals surface area contributed by atoms with Crippen LogP contribution in [0.5, 0.6) is 23.0 Å². The van der Waals surface area contributed by atoms with E-state index >= 15 is 0 Å². The fourth-order valence-corrected chi connectivity index (χ4v) is 2.71. The number of nitrogens with zero attached hydrogens (tertiary/aromatic N) is 1. The van der Waals surface area contributed by atoms with Gasteiger partial charge in [0.2, 0.25) is 5.75 Å². The smallest absolute Gasteiger partial charge is 0.311 e. The molecule has 130 valence electrons. The highest BCUT2D eigenvalue weighted by Crippen LogP contribution is 2.38. The molecule has 0 amide bonds. The Morgan fingerprint density at radius 2 is 1.96 bits per heavy atom. The van der Waals surface area contributed by atoms with E-state index in [2.05, 4.69) is 0 Å². The molecule has 0 radical (unpaired) electrons. The zero-order chi connectivity index (χ0) is 18.0. The molecule has 1 aliphatic heterocycles. The second-order valence-corrected chi connectivity index (χ2v) is 5.70. The van der Waals surface area contributed by atoms with E-state index in [1.165, 1.54) is 18.2 Å². The summed E-state index contributed by atoms with van der Waals surface area (Å²) < 4.78 is 16.3. The van der Waals surface area contributed by atoms with E-state index in [1.54, 1.807) is 19.1 Å². The number of nitro benzene ring substituents is 1. The molecule has 0 N–H and O–H groups in total. The summed E-state index contributed by atoms with van der Waals surface area (Å²) in [7, 11) is 0. The summed E-state index contributed by atoms with van der Waals surface area (Å²) in [5, 5.41) is 11.0. The van der Waals surface area contributed by atoms with Crippen molar-refractivity contribution in [2.45, 2.75) is 26.2 Å². The number of hydrogen-bond acceptors (Lipinski definition) is 6. The van der Waals surface area contributed by atoms with Crippen molar-refractivity contribution in [2.75, 3.05) is 6.61 Å². The molecule has 1 aliphatic rings. The highest BCUT2D eigenvalue weighted by Gasteiger charge is 2.24. The number of hydrogen-bond donors (Lipinski definition) is 0. The zero-order valence-corrected chi connectivity index (χ0v) is 13.9. The molecule has 1 heterocycles. The van der Waals surface area contributed by atoms with Gasteiger partial charge in [0.05, 0.1) is 18.0 Å². The number of esters is 1. The first-order valence-electron chi connectivity index (χ1n) is 7.91. The Labute approximate surface area is 144 Å². The maximum atomic E-state index is 11.6. The molecular weight excluding hydrogens is 326 g/mol. The third kappa shape index (κ3) is 3.55. The normalized spacial score (nSPS) is 15.9. The number of carbonyl (C=O) groups is 1. The summed E-state index contributed by atoms with van der Waals surface area (Å²) >= 11 is 0. The molecule has 0 bridgehead atoms. The van der Waals surface area contributed by atoms with E-state index in [-0.39, 0.29) is 23.3 Å². The van der Waals surface area contributed by atoms with Gasteiger partial charge in [-0.3, -0.25) is 14.9 Å². The number of benzene rings is 2. The summed E-state index contributed by atoms with van der Waals surface area (Å²) in [6.45, 7) is 4.01. The van der Waals surface area contributed by atoms with Crippen molar-refractivity contribution in [2.24, 2.45) is 0 Å². The second-order valence-electron chi connectivity index (χ2n) is 5.70. The predicted molar refractivity (Wildman–Crippen MR) is 89.4 cm³/mol. The van der Waals surface area contributed by atoms with Crippen molar-refractivity contribution in [1.82, 2.24) is 0 Å². The number of carbonyl (C=O) groups excluding carboxylic acids is 1. The Hall–Kier alpha value is -3.09. The van der Waals surface area contributed by atoms with Crippen LogP contribution in [0.2, 0.25) is 0 Å². The summed E-state index contributed by atoms with van der Waals surface area (Å²) in [6.07, 6.45) is 0.354. The monoisotopic (exact) mass is 343 g/mol. The molecule has 1 unspecified atom stereocenters. The molecule has 0 spiro atoms. The van der Waals surface area contributed by atoms with E-state index in [0.29, 0.717) is 30.3 Å². The van der Waals surface area contributed by atoms with Crippen LogP contribution in [0.15, 0.2) is 36.4 Å². The molecule has 0 aromatic heterocycles. The average molecular weight is 343 g/mol. The van der Waals surface area contributed by atoms with Crippen LogP contribution in [0.1, 0.15) is 31.7 Å². The molecular formula is C18H17NO6. The fraction of sp³-hybridized carbons (Fsp3) is 0.278. The van der Waals surface area contributed by atoms with Crippen LogP contribution >= 0.6 is 0 Å². The third-order valence-corrected chi connectivity index (χ3v) is 3.88. The van der Waals surface area contributed by atoms with Crippen LogP contribution in [0.25, 0.3) is 0 Å². The van der Waals surface area contributed by atoms with Gasteiger partial charge in [0.25, 0.3) is 0 Å². The molecule has 7 heteroatoms. The lowest BCUT2D eigenvalue weighted by molar-refractivity contribution is -0.385. The van der Waals surface area contributed by atoms with Gasteiger partial charge in [0, 0.05) is 18.2 Å². The minimum atomic E-state index is -0.505. The molecule has 25 heavy (non-hydrogen) atoms. The van der Waals surface area contributed by atoms with Crippen molar-refractivity contribution in [3.8, 4) is 23.0 Å². The quantitative estimate of drug-likeness (QED) is 0.350. The van der Waals surface area contributed by atoms with Gasteiger partial charge in [-0.15, -0.1) is 0 Å². The highest BCUT2D eigenvalue weighted by molar-refractivity contribution is 5.76. The Bertz CT molecular complexity index is 832. The maximum Gasteiger partial charge on any atom is 0.311 e. The minimum absolute atomic E-state index is 0.0919. The number of nitro groups is 1. The van der Waals surface area contributed by atoms with Gasteiger partial charge in [0.1, 0.15) is 17.2 Å². The van der Waals surface area contributed by atoms with Crippen LogP contribution in [-0.2, 0) is 4.79 Å². The maximum absolute atomic E-state index is 11.6. The summed E-state index contributed by atoms with van der Waals surface area (Å²) in [5.74, 6) is 1.30. The lowest BCUT2D eigenvalue weighted by Crippen LogP contribution is -2.18. The molecule has 1 atom stereocenters. The molecule has 2 aromatic carbocycles. The van der Waals surface area contributed by atoms with Crippen LogP contribution in [-0.4, -0.2) is 17.5 Å². The van der Waals surface area contributed by atoms with E-state index in [0.717, 1.165) is 5.56 Å². The first kappa shape index (κ1) is 16.8. The summed E-state index contributed by atoms with van der Waals surface area (Å²) in [4.78, 5) is 22.1. The van der Waals surface area contributed by atoms with E-state index in [4.69, 9.17) is 14.2 Å². The fourth-order valence-electron chi connectivity index (χ4n) is 2.71. The third-order valence-electron chi connectivity index (χ3n) is 3.88. The van der Waals surface area contributed by atoms with Crippen LogP contribution in [0.3, 0.4) is 0 Å². The van der Waals surface area contributed by atoms with Crippen LogP contribution in [0, 0.1) is 10.1 Å². The van der Waals surface area contributed by atoms with Crippen LogP contribution < -0.4 is 14.2 Å². The van der Waals surface area contributed by atoms with Gasteiger partial charge in [-0.2, -0.15) is 0 Å². The van der Waals surface area contributed by atoms with Crippen molar-refractivity contribution >= 4 is 11.7 Å². The van der Waals surface area contributed by atoms with E-state index in [9.17, 15) is 14.9 Å². The SMILES string of the molecule is CCOc1cc(Oc2ccc3c(c2)OC(=O)CC3C)ccc1[N+](=O)[O-]. The average Bonchev–Trinajstić information content (AvgIpc) is 2.54. The molecule has 0 fully saturated rings.